The van der Waals surface area contributed by atoms with E-state index in [1.54, 1.807) is 4.90 Å². The molecule has 20 heavy (non-hydrogen) atoms. The van der Waals surface area contributed by atoms with Gasteiger partial charge >= 0.3 is 6.09 Å². The number of aliphatic hydroxyl groups is 1. The summed E-state index contributed by atoms with van der Waals surface area (Å²) in [4.78, 5) is 13.9. The fourth-order valence-corrected chi connectivity index (χ4v) is 2.50. The third-order valence-electron chi connectivity index (χ3n) is 3.52. The highest BCUT2D eigenvalue weighted by Gasteiger charge is 2.32. The van der Waals surface area contributed by atoms with Crippen LogP contribution in [0.3, 0.4) is 0 Å². The molecular weight excluding hydrogens is 254 g/mol. The van der Waals surface area contributed by atoms with Crippen molar-refractivity contribution in [1.29, 1.82) is 0 Å². The minimum absolute atomic E-state index is 0.000683. The normalized spacial score (nSPS) is 22.9. The van der Waals surface area contributed by atoms with Gasteiger partial charge in [0.2, 0.25) is 0 Å². The number of aliphatic hydroxyl groups excluding tert-OH is 1. The number of ether oxygens (including phenoxy) is 1. The van der Waals surface area contributed by atoms with E-state index in [9.17, 15) is 9.90 Å². The third-order valence-corrected chi connectivity index (χ3v) is 3.52. The molecule has 0 spiro atoms. The Morgan fingerprint density at radius 1 is 1.35 bits per heavy atom. The summed E-state index contributed by atoms with van der Waals surface area (Å²) in [6.07, 6.45) is 0.697. The van der Waals surface area contributed by atoms with E-state index in [-0.39, 0.29) is 12.1 Å². The van der Waals surface area contributed by atoms with Gasteiger partial charge in [-0.1, -0.05) is 44.2 Å². The Bertz CT molecular complexity index is 433. The highest BCUT2D eigenvalue weighted by Crippen LogP contribution is 2.31. The molecule has 1 amide bonds. The van der Waals surface area contributed by atoms with E-state index in [2.05, 4.69) is 0 Å². The maximum absolute atomic E-state index is 12.2. The van der Waals surface area contributed by atoms with E-state index in [0.29, 0.717) is 25.5 Å². The van der Waals surface area contributed by atoms with Crippen LogP contribution in [0.25, 0.3) is 0 Å². The molecule has 1 N–H and O–H groups in total. The quantitative estimate of drug-likeness (QED) is 0.924. The van der Waals surface area contributed by atoms with Gasteiger partial charge in [0.25, 0.3) is 0 Å². The molecule has 1 aliphatic rings. The zero-order valence-corrected chi connectivity index (χ0v) is 12.2. The molecule has 0 aromatic heterocycles. The largest absolute Gasteiger partial charge is 0.449 e. The summed E-state index contributed by atoms with van der Waals surface area (Å²) in [5.74, 6) is 0.309. The van der Waals surface area contributed by atoms with Gasteiger partial charge in [0.1, 0.15) is 0 Å². The highest BCUT2D eigenvalue weighted by atomic mass is 16.6. The molecule has 0 saturated carbocycles. The molecular formula is C16H23NO3. The molecule has 4 nitrogen and oxygen atoms in total. The molecule has 2 unspecified atom stereocenters. The zero-order valence-electron chi connectivity index (χ0n) is 12.2. The molecule has 0 bridgehead atoms. The van der Waals surface area contributed by atoms with E-state index in [1.165, 1.54) is 0 Å². The van der Waals surface area contributed by atoms with Gasteiger partial charge in [-0.15, -0.1) is 0 Å². The summed E-state index contributed by atoms with van der Waals surface area (Å²) in [6.45, 7) is 4.77. The summed E-state index contributed by atoms with van der Waals surface area (Å²) in [6, 6.07) is 9.94. The molecule has 1 fully saturated rings. The smallest absolute Gasteiger partial charge is 0.410 e. The Kier molecular flexibility index (Phi) is 5.01. The Morgan fingerprint density at radius 2 is 2.05 bits per heavy atom. The van der Waals surface area contributed by atoms with E-state index in [4.69, 9.17) is 4.74 Å². The van der Waals surface area contributed by atoms with Gasteiger partial charge in [-0.05, 0) is 24.3 Å². The van der Waals surface area contributed by atoms with Crippen molar-refractivity contribution in [2.75, 3.05) is 13.2 Å². The van der Waals surface area contributed by atoms with E-state index >= 15 is 0 Å². The van der Waals surface area contributed by atoms with Gasteiger partial charge < -0.3 is 9.84 Å². The van der Waals surface area contributed by atoms with Crippen LogP contribution in [-0.4, -0.2) is 35.4 Å². The molecule has 0 aliphatic carbocycles. The topological polar surface area (TPSA) is 49.8 Å². The number of hydrogen-bond acceptors (Lipinski definition) is 3. The monoisotopic (exact) mass is 277 g/mol. The summed E-state index contributed by atoms with van der Waals surface area (Å²) < 4.78 is 5.32. The van der Waals surface area contributed by atoms with Crippen molar-refractivity contribution >= 4 is 6.09 Å². The van der Waals surface area contributed by atoms with Gasteiger partial charge in [0, 0.05) is 0 Å². The molecule has 2 rings (SSSR count). The molecule has 1 aromatic rings. The standard InChI is InChI=1S/C16H23NO3/c1-12(2)11-20-16(19)17-10-14(18)8-9-15(17)13-6-4-3-5-7-13/h3-7,12,14-15,18H,8-11H2,1-2H3. The highest BCUT2D eigenvalue weighted by molar-refractivity contribution is 5.68. The second kappa shape index (κ2) is 6.75. The SMILES string of the molecule is CC(C)COC(=O)N1CC(O)CCC1c1ccccc1. The lowest BCUT2D eigenvalue weighted by Crippen LogP contribution is -2.44. The van der Waals surface area contributed by atoms with Crippen molar-refractivity contribution in [3.8, 4) is 0 Å². The predicted octanol–water partition coefficient (Wildman–Crippen LogP) is 2.98. The Balaban J connectivity index is 2.10. The minimum atomic E-state index is -0.457. The number of carbonyl (C=O) groups excluding carboxylic acids is 1. The van der Waals surface area contributed by atoms with Crippen LogP contribution >= 0.6 is 0 Å². The predicted molar refractivity (Wildman–Crippen MR) is 77.3 cm³/mol. The van der Waals surface area contributed by atoms with Crippen molar-refractivity contribution in [3.05, 3.63) is 35.9 Å². The van der Waals surface area contributed by atoms with Crippen molar-refractivity contribution < 1.29 is 14.6 Å². The lowest BCUT2D eigenvalue weighted by atomic mass is 9.94. The van der Waals surface area contributed by atoms with Gasteiger partial charge in [0.15, 0.2) is 0 Å². The van der Waals surface area contributed by atoms with Crippen LogP contribution in [0.2, 0.25) is 0 Å². The van der Waals surface area contributed by atoms with Crippen LogP contribution in [-0.2, 0) is 4.74 Å². The van der Waals surface area contributed by atoms with Crippen LogP contribution in [0.5, 0.6) is 0 Å². The number of amides is 1. The lowest BCUT2D eigenvalue weighted by molar-refractivity contribution is 0.0191. The average molecular weight is 277 g/mol. The van der Waals surface area contributed by atoms with Crippen molar-refractivity contribution in [2.24, 2.45) is 5.92 Å². The molecule has 4 heteroatoms. The molecule has 0 radical (unpaired) electrons. The fourth-order valence-electron chi connectivity index (χ4n) is 2.50. The first-order valence-electron chi connectivity index (χ1n) is 7.24. The minimum Gasteiger partial charge on any atom is -0.449 e. The number of β-amino-alcohol motifs (C(OH)–C–C–N with tert-alkyl or cyclic N) is 1. The fraction of sp³-hybridized carbons (Fsp3) is 0.562. The summed E-state index contributed by atoms with van der Waals surface area (Å²) >= 11 is 0. The number of carbonyl (C=O) groups is 1. The lowest BCUT2D eigenvalue weighted by Gasteiger charge is -2.37. The number of piperidine rings is 1. The van der Waals surface area contributed by atoms with Crippen molar-refractivity contribution in [2.45, 2.75) is 38.8 Å². The number of likely N-dealkylation sites (tertiary alicyclic amines) is 1. The number of hydrogen-bond donors (Lipinski definition) is 1. The Labute approximate surface area is 120 Å². The van der Waals surface area contributed by atoms with Crippen LogP contribution in [0.1, 0.15) is 38.3 Å². The number of rotatable bonds is 3. The van der Waals surface area contributed by atoms with Gasteiger partial charge in [-0.25, -0.2) is 4.79 Å². The van der Waals surface area contributed by atoms with Crippen LogP contribution in [0.4, 0.5) is 4.79 Å². The zero-order chi connectivity index (χ0) is 14.5. The van der Waals surface area contributed by atoms with E-state index in [0.717, 1.165) is 12.0 Å². The average Bonchev–Trinajstić information content (AvgIpc) is 2.45. The molecule has 1 aromatic carbocycles. The Hall–Kier alpha value is -1.55. The van der Waals surface area contributed by atoms with Crippen molar-refractivity contribution in [3.63, 3.8) is 0 Å². The first kappa shape index (κ1) is 14.9. The molecule has 1 heterocycles. The molecule has 1 aliphatic heterocycles. The van der Waals surface area contributed by atoms with Crippen LogP contribution < -0.4 is 0 Å². The molecule has 1 saturated heterocycles. The van der Waals surface area contributed by atoms with Gasteiger partial charge in [-0.2, -0.15) is 0 Å². The maximum Gasteiger partial charge on any atom is 0.410 e. The molecule has 2 atom stereocenters. The maximum atomic E-state index is 12.2. The van der Waals surface area contributed by atoms with Crippen molar-refractivity contribution in [1.82, 2.24) is 4.90 Å². The van der Waals surface area contributed by atoms with E-state index < -0.39 is 6.10 Å². The van der Waals surface area contributed by atoms with Gasteiger partial charge in [-0.3, -0.25) is 4.90 Å². The van der Waals surface area contributed by atoms with Crippen LogP contribution in [0, 0.1) is 5.92 Å². The second-order valence-electron chi connectivity index (χ2n) is 5.78. The summed E-state index contributed by atoms with van der Waals surface area (Å²) in [7, 11) is 0. The summed E-state index contributed by atoms with van der Waals surface area (Å²) in [5.41, 5.74) is 1.10. The van der Waals surface area contributed by atoms with Crippen LogP contribution in [0.15, 0.2) is 30.3 Å². The first-order chi connectivity index (χ1) is 9.58. The summed E-state index contributed by atoms with van der Waals surface area (Å²) in [5, 5.41) is 9.82. The number of benzene rings is 1. The first-order valence-corrected chi connectivity index (χ1v) is 7.24. The Morgan fingerprint density at radius 3 is 2.70 bits per heavy atom. The molecule has 110 valence electrons. The van der Waals surface area contributed by atoms with E-state index in [1.807, 2.05) is 44.2 Å². The number of nitrogens with zero attached hydrogens (tertiary/aromatic N) is 1. The third kappa shape index (κ3) is 3.73. The van der Waals surface area contributed by atoms with Gasteiger partial charge in [0.05, 0.1) is 25.3 Å². The second-order valence-corrected chi connectivity index (χ2v) is 5.78.